The lowest BCUT2D eigenvalue weighted by Crippen LogP contribution is -2.42. The molecule has 1 aromatic heterocycles. The van der Waals surface area contributed by atoms with Crippen molar-refractivity contribution < 1.29 is 8.42 Å². The Morgan fingerprint density at radius 1 is 1.35 bits per heavy atom. The number of hydrogen-bond acceptors (Lipinski definition) is 4. The monoisotopic (exact) mass is 318 g/mol. The van der Waals surface area contributed by atoms with Gasteiger partial charge in [-0.3, -0.25) is 0 Å². The van der Waals surface area contributed by atoms with Crippen LogP contribution in [0.25, 0.3) is 0 Å². The van der Waals surface area contributed by atoms with E-state index in [0.717, 1.165) is 16.2 Å². The first-order valence-electron chi connectivity index (χ1n) is 6.94. The molecule has 116 valence electrons. The number of aryl methyl sites for hydroxylation is 1. The van der Waals surface area contributed by atoms with E-state index in [1.807, 2.05) is 27.7 Å². The Morgan fingerprint density at radius 2 is 1.95 bits per heavy atom. The van der Waals surface area contributed by atoms with E-state index < -0.39 is 15.6 Å². The van der Waals surface area contributed by atoms with Crippen molar-refractivity contribution in [3.63, 3.8) is 0 Å². The second kappa shape index (κ2) is 6.56. The van der Waals surface area contributed by atoms with Crippen LogP contribution in [0.2, 0.25) is 0 Å². The second-order valence-corrected chi connectivity index (χ2v) is 9.00. The maximum absolute atomic E-state index is 12.5. The van der Waals surface area contributed by atoms with Crippen molar-refractivity contribution in [3.05, 3.63) is 15.8 Å². The number of nitrogens with one attached hydrogen (secondary N) is 2. The molecule has 0 unspecified atom stereocenters. The summed E-state index contributed by atoms with van der Waals surface area (Å²) in [5.41, 5.74) is -0.427. The summed E-state index contributed by atoms with van der Waals surface area (Å²) in [4.78, 5) is 2.29. The molecule has 0 atom stereocenters. The maximum atomic E-state index is 12.5. The van der Waals surface area contributed by atoms with E-state index in [-0.39, 0.29) is 0 Å². The fourth-order valence-electron chi connectivity index (χ4n) is 1.67. The van der Waals surface area contributed by atoms with Gasteiger partial charge in [0.05, 0.1) is 4.90 Å². The molecule has 0 fully saturated rings. The molecule has 0 bridgehead atoms. The predicted octanol–water partition coefficient (Wildman–Crippen LogP) is 3.02. The van der Waals surface area contributed by atoms with Gasteiger partial charge in [-0.15, -0.1) is 11.3 Å². The first-order valence-corrected chi connectivity index (χ1v) is 9.24. The summed E-state index contributed by atoms with van der Waals surface area (Å²) in [5, 5.41) is 3.31. The Kier molecular flexibility index (Phi) is 5.78. The fourth-order valence-corrected chi connectivity index (χ4v) is 4.75. The average molecular weight is 319 g/mol. The van der Waals surface area contributed by atoms with Gasteiger partial charge in [0.1, 0.15) is 0 Å². The predicted molar refractivity (Wildman–Crippen MR) is 85.7 cm³/mol. The molecule has 0 spiro atoms. The lowest BCUT2D eigenvalue weighted by molar-refractivity contribution is 0.439. The lowest BCUT2D eigenvalue weighted by atomic mass is 10.0. The van der Waals surface area contributed by atoms with E-state index in [4.69, 9.17) is 0 Å². The third kappa shape index (κ3) is 4.84. The molecule has 0 aliphatic heterocycles. The van der Waals surface area contributed by atoms with Gasteiger partial charge < -0.3 is 5.32 Å². The molecule has 1 rings (SSSR count). The smallest absolute Gasteiger partial charge is 0.242 e. The molecule has 0 saturated carbocycles. The molecule has 2 N–H and O–H groups in total. The fraction of sp³-hybridized carbons (Fsp3) is 0.714. The van der Waals surface area contributed by atoms with Gasteiger partial charge in [-0.2, -0.15) is 0 Å². The van der Waals surface area contributed by atoms with E-state index in [0.29, 0.717) is 17.5 Å². The minimum absolute atomic E-state index is 0.384. The topological polar surface area (TPSA) is 58.2 Å². The lowest BCUT2D eigenvalue weighted by Gasteiger charge is -2.24. The number of hydrogen-bond donors (Lipinski definition) is 2. The summed E-state index contributed by atoms with van der Waals surface area (Å²) >= 11 is 1.54. The highest BCUT2D eigenvalue weighted by molar-refractivity contribution is 7.89. The van der Waals surface area contributed by atoms with Crippen LogP contribution in [0.1, 0.15) is 50.8 Å². The summed E-state index contributed by atoms with van der Waals surface area (Å²) in [6.45, 7) is 12.5. The largest absolute Gasteiger partial charge is 0.310 e. The summed E-state index contributed by atoms with van der Waals surface area (Å²) in [7, 11) is -3.45. The minimum Gasteiger partial charge on any atom is -0.310 e. The first kappa shape index (κ1) is 17.6. The normalized spacial score (nSPS) is 13.2. The van der Waals surface area contributed by atoms with Gasteiger partial charge in [0.15, 0.2) is 0 Å². The molecule has 0 radical (unpaired) electrons. The van der Waals surface area contributed by atoms with Crippen LogP contribution in [0, 0.1) is 6.92 Å². The zero-order valence-corrected chi connectivity index (χ0v) is 14.8. The minimum atomic E-state index is -3.45. The Bertz CT molecular complexity index is 546. The van der Waals surface area contributed by atoms with Crippen LogP contribution >= 0.6 is 11.3 Å². The van der Waals surface area contributed by atoms with E-state index >= 15 is 0 Å². The van der Waals surface area contributed by atoms with Gasteiger partial charge in [-0.1, -0.05) is 20.8 Å². The van der Waals surface area contributed by atoms with Crippen LogP contribution < -0.4 is 10.0 Å². The molecule has 4 nitrogen and oxygen atoms in total. The molecule has 1 heterocycles. The summed E-state index contributed by atoms with van der Waals surface area (Å²) in [6.07, 6.45) is 0.747. The average Bonchev–Trinajstić information content (AvgIpc) is 2.67. The number of thiophene rings is 1. The first-order chi connectivity index (χ1) is 9.07. The summed E-state index contributed by atoms with van der Waals surface area (Å²) < 4.78 is 27.7. The summed E-state index contributed by atoms with van der Waals surface area (Å²) in [6, 6.07) is 2.17. The molecule has 20 heavy (non-hydrogen) atoms. The van der Waals surface area contributed by atoms with Gasteiger partial charge in [-0.25, -0.2) is 13.1 Å². The van der Waals surface area contributed by atoms with Crippen molar-refractivity contribution in [1.29, 1.82) is 0 Å². The van der Waals surface area contributed by atoms with Crippen LogP contribution in [0.5, 0.6) is 0 Å². The third-order valence-electron chi connectivity index (χ3n) is 3.19. The summed E-state index contributed by atoms with van der Waals surface area (Å²) in [5.74, 6) is 0. The molecular formula is C14H26N2O2S2. The van der Waals surface area contributed by atoms with Crippen molar-refractivity contribution in [1.82, 2.24) is 10.0 Å². The van der Waals surface area contributed by atoms with Crippen LogP contribution in [0.3, 0.4) is 0 Å². The van der Waals surface area contributed by atoms with Gasteiger partial charge in [0, 0.05) is 27.9 Å². The van der Waals surface area contributed by atoms with E-state index in [9.17, 15) is 8.42 Å². The van der Waals surface area contributed by atoms with Crippen LogP contribution in [-0.4, -0.2) is 20.0 Å². The zero-order valence-electron chi connectivity index (χ0n) is 13.2. The van der Waals surface area contributed by atoms with E-state index in [2.05, 4.69) is 23.9 Å². The molecule has 0 saturated heterocycles. The molecule has 0 aliphatic rings. The molecule has 0 amide bonds. The van der Waals surface area contributed by atoms with E-state index in [1.54, 1.807) is 6.07 Å². The van der Waals surface area contributed by atoms with Gasteiger partial charge in [0.25, 0.3) is 0 Å². The van der Waals surface area contributed by atoms with Crippen molar-refractivity contribution in [2.45, 2.75) is 71.0 Å². The van der Waals surface area contributed by atoms with E-state index in [1.165, 1.54) is 11.3 Å². The maximum Gasteiger partial charge on any atom is 0.242 e. The molecular weight excluding hydrogens is 292 g/mol. The Labute approximate surface area is 127 Å². The van der Waals surface area contributed by atoms with Gasteiger partial charge in [0.2, 0.25) is 10.0 Å². The highest BCUT2D eigenvalue weighted by atomic mass is 32.2. The second-order valence-electron chi connectivity index (χ2n) is 6.01. The molecule has 0 aliphatic carbocycles. The number of sulfonamides is 1. The standard InChI is InChI=1S/C14H26N2O2S2/c1-7-14(5,6)16-20(17,18)13-8-12(19-11(13)4)9-15-10(2)3/h8,10,15-16H,7,9H2,1-6H3. The van der Waals surface area contributed by atoms with Crippen molar-refractivity contribution in [2.75, 3.05) is 0 Å². The van der Waals surface area contributed by atoms with Gasteiger partial charge in [-0.05, 0) is 33.3 Å². The highest BCUT2D eigenvalue weighted by Crippen LogP contribution is 2.27. The zero-order chi connectivity index (χ0) is 15.6. The van der Waals surface area contributed by atoms with Crippen molar-refractivity contribution in [3.8, 4) is 0 Å². The van der Waals surface area contributed by atoms with Crippen LogP contribution in [-0.2, 0) is 16.6 Å². The Morgan fingerprint density at radius 3 is 2.45 bits per heavy atom. The molecule has 0 aromatic carbocycles. The van der Waals surface area contributed by atoms with Crippen LogP contribution in [0.15, 0.2) is 11.0 Å². The quantitative estimate of drug-likeness (QED) is 0.812. The van der Waals surface area contributed by atoms with Gasteiger partial charge >= 0.3 is 0 Å². The highest BCUT2D eigenvalue weighted by Gasteiger charge is 2.27. The number of rotatable bonds is 7. The Balaban J connectivity index is 2.96. The van der Waals surface area contributed by atoms with Crippen molar-refractivity contribution in [2.24, 2.45) is 0 Å². The SMILES string of the molecule is CCC(C)(C)NS(=O)(=O)c1cc(CNC(C)C)sc1C. The molecule has 1 aromatic rings. The molecule has 6 heteroatoms. The van der Waals surface area contributed by atoms with Crippen molar-refractivity contribution >= 4 is 21.4 Å². The van der Waals surface area contributed by atoms with Crippen LogP contribution in [0.4, 0.5) is 0 Å². The Hall–Kier alpha value is -0.430. The third-order valence-corrected chi connectivity index (χ3v) is 6.20.